The molecule has 0 amide bonds. The molecule has 0 aliphatic carbocycles. The highest BCUT2D eigenvalue weighted by atomic mass is 14.2. The van der Waals surface area contributed by atoms with E-state index >= 15 is 0 Å². The van der Waals surface area contributed by atoms with Crippen molar-refractivity contribution in [2.45, 2.75) is 6.42 Å². The molecule has 0 fully saturated rings. The van der Waals surface area contributed by atoms with E-state index in [9.17, 15) is 0 Å². The van der Waals surface area contributed by atoms with Crippen molar-refractivity contribution in [3.8, 4) is 33.4 Å². The van der Waals surface area contributed by atoms with Gasteiger partial charge in [0.2, 0.25) is 0 Å². The summed E-state index contributed by atoms with van der Waals surface area (Å²) in [6.07, 6.45) is 5.42. The topological polar surface area (TPSA) is 0 Å². The van der Waals surface area contributed by atoms with E-state index in [1.165, 1.54) is 87.6 Å². The maximum atomic E-state index is 2.33. The number of allylic oxidation sites excluding steroid dienone is 1. The minimum Gasteiger partial charge on any atom is -0.0795 e. The van der Waals surface area contributed by atoms with Crippen molar-refractivity contribution in [1.82, 2.24) is 0 Å². The van der Waals surface area contributed by atoms with Gasteiger partial charge in [0, 0.05) is 0 Å². The van der Waals surface area contributed by atoms with E-state index in [1.54, 1.807) is 0 Å². The maximum absolute atomic E-state index is 2.33. The molecule has 49 heavy (non-hydrogen) atoms. The van der Waals surface area contributed by atoms with Gasteiger partial charge in [-0.15, -0.1) is 0 Å². The fourth-order valence-corrected chi connectivity index (χ4v) is 7.67. The Kier molecular flexibility index (Phi) is 7.33. The monoisotopic (exact) mass is 622 g/mol. The van der Waals surface area contributed by atoms with Crippen LogP contribution in [0.4, 0.5) is 0 Å². The fourth-order valence-electron chi connectivity index (χ4n) is 7.67. The molecule has 0 radical (unpaired) electrons. The van der Waals surface area contributed by atoms with E-state index in [1.807, 2.05) is 0 Å². The average molecular weight is 623 g/mol. The van der Waals surface area contributed by atoms with Gasteiger partial charge in [0.1, 0.15) is 0 Å². The SMILES string of the molecule is C(=C\c1ccc(-c2c3ccccc3c(-c3ccccc3)c3c2ccc2ccccc23)cc1)/Cc1ccccc1-c1cccc2ccccc12. The lowest BCUT2D eigenvalue weighted by Gasteiger charge is -2.19. The summed E-state index contributed by atoms with van der Waals surface area (Å²) in [6.45, 7) is 0. The molecule has 0 spiro atoms. The Morgan fingerprint density at radius 2 is 0.918 bits per heavy atom. The van der Waals surface area contributed by atoms with Crippen LogP contribution in [0.1, 0.15) is 11.1 Å². The van der Waals surface area contributed by atoms with Crippen LogP contribution in [0.2, 0.25) is 0 Å². The van der Waals surface area contributed by atoms with Crippen molar-refractivity contribution in [3.05, 3.63) is 199 Å². The third-order valence-electron chi connectivity index (χ3n) is 9.92. The van der Waals surface area contributed by atoms with Crippen LogP contribution < -0.4 is 0 Å². The van der Waals surface area contributed by atoms with E-state index in [0.29, 0.717) is 0 Å². The standard InChI is InChI=1S/C49H34/c1-2-18-38(19-3-1)48-45-26-11-10-25-44(45)47(46-33-32-37-17-6-9-24-42(37)49(46)48)39-30-28-34(29-31-39)14-12-20-35-15-4-7-22-40(35)43-27-13-21-36-16-5-8-23-41(36)43/h1-19,21-33H,20H2/b14-12+. The first-order chi connectivity index (χ1) is 24.3. The van der Waals surface area contributed by atoms with Crippen LogP contribution in [-0.4, -0.2) is 0 Å². The molecule has 0 N–H and O–H groups in total. The van der Waals surface area contributed by atoms with E-state index in [-0.39, 0.29) is 0 Å². The van der Waals surface area contributed by atoms with Gasteiger partial charge in [0.15, 0.2) is 0 Å². The minimum atomic E-state index is 0.866. The highest BCUT2D eigenvalue weighted by Crippen LogP contribution is 2.46. The van der Waals surface area contributed by atoms with Gasteiger partial charge >= 0.3 is 0 Å². The zero-order chi connectivity index (χ0) is 32.6. The number of benzene rings is 9. The molecule has 0 saturated carbocycles. The first-order valence-corrected chi connectivity index (χ1v) is 17.1. The number of hydrogen-bond donors (Lipinski definition) is 0. The molecule has 0 unspecified atom stereocenters. The smallest absolute Gasteiger partial charge is 0.00141 e. The lowest BCUT2D eigenvalue weighted by atomic mass is 9.84. The summed E-state index contributed by atoms with van der Waals surface area (Å²) in [5.74, 6) is 0. The largest absolute Gasteiger partial charge is 0.0795 e. The van der Waals surface area contributed by atoms with Crippen LogP contribution in [0.3, 0.4) is 0 Å². The second kappa shape index (κ2) is 12.4. The van der Waals surface area contributed by atoms with E-state index < -0.39 is 0 Å². The van der Waals surface area contributed by atoms with Gasteiger partial charge in [-0.25, -0.2) is 0 Å². The van der Waals surface area contributed by atoms with Crippen molar-refractivity contribution in [2.24, 2.45) is 0 Å². The second-order valence-corrected chi connectivity index (χ2v) is 12.8. The maximum Gasteiger partial charge on any atom is -0.00141 e. The van der Waals surface area contributed by atoms with Gasteiger partial charge in [0.05, 0.1) is 0 Å². The number of fused-ring (bicyclic) bond motifs is 5. The Morgan fingerprint density at radius 3 is 1.71 bits per heavy atom. The first-order valence-electron chi connectivity index (χ1n) is 17.1. The predicted octanol–water partition coefficient (Wildman–Crippen LogP) is 13.6. The van der Waals surface area contributed by atoms with Gasteiger partial charge in [0.25, 0.3) is 0 Å². The molecular formula is C49H34. The van der Waals surface area contributed by atoms with Crippen LogP contribution in [0.5, 0.6) is 0 Å². The first kappa shape index (κ1) is 28.9. The quantitative estimate of drug-likeness (QED) is 0.128. The zero-order valence-corrected chi connectivity index (χ0v) is 27.2. The summed E-state index contributed by atoms with van der Waals surface area (Å²) in [5.41, 5.74) is 10.2. The Bertz CT molecular complexity index is 2650. The van der Waals surface area contributed by atoms with Crippen LogP contribution in [0, 0.1) is 0 Å². The molecule has 0 aliphatic rings. The molecule has 0 saturated heterocycles. The Hall–Kier alpha value is -6.24. The van der Waals surface area contributed by atoms with Crippen LogP contribution >= 0.6 is 0 Å². The van der Waals surface area contributed by atoms with Crippen LogP contribution in [-0.2, 0) is 6.42 Å². The van der Waals surface area contributed by atoms with Crippen molar-refractivity contribution < 1.29 is 0 Å². The Balaban J connectivity index is 1.11. The second-order valence-electron chi connectivity index (χ2n) is 12.8. The van der Waals surface area contributed by atoms with Crippen molar-refractivity contribution in [2.75, 3.05) is 0 Å². The molecule has 0 nitrogen and oxygen atoms in total. The molecular weight excluding hydrogens is 589 g/mol. The minimum absolute atomic E-state index is 0.866. The molecule has 0 heterocycles. The van der Waals surface area contributed by atoms with Crippen molar-refractivity contribution in [1.29, 1.82) is 0 Å². The number of rotatable bonds is 6. The number of hydrogen-bond acceptors (Lipinski definition) is 0. The van der Waals surface area contributed by atoms with Gasteiger partial charge in [-0.1, -0.05) is 194 Å². The van der Waals surface area contributed by atoms with Crippen molar-refractivity contribution in [3.63, 3.8) is 0 Å². The molecule has 230 valence electrons. The normalized spacial score (nSPS) is 11.7. The molecule has 0 aromatic heterocycles. The van der Waals surface area contributed by atoms with Gasteiger partial charge in [-0.3, -0.25) is 0 Å². The van der Waals surface area contributed by atoms with Gasteiger partial charge in [-0.2, -0.15) is 0 Å². The highest BCUT2D eigenvalue weighted by Gasteiger charge is 2.18. The van der Waals surface area contributed by atoms with Gasteiger partial charge in [-0.05, 0) is 94.0 Å². The summed E-state index contributed by atoms with van der Waals surface area (Å²) in [7, 11) is 0. The van der Waals surface area contributed by atoms with Crippen LogP contribution in [0.15, 0.2) is 188 Å². The van der Waals surface area contributed by atoms with E-state index in [0.717, 1.165) is 6.42 Å². The highest BCUT2D eigenvalue weighted by molar-refractivity contribution is 6.27. The fraction of sp³-hybridized carbons (Fsp3) is 0.0204. The molecule has 9 aromatic carbocycles. The third-order valence-corrected chi connectivity index (χ3v) is 9.92. The summed E-state index contributed by atoms with van der Waals surface area (Å²) in [6, 6.07) is 66.3. The summed E-state index contributed by atoms with van der Waals surface area (Å²) in [5, 5.41) is 10.3. The van der Waals surface area contributed by atoms with Gasteiger partial charge < -0.3 is 0 Å². The van der Waals surface area contributed by atoms with Crippen LogP contribution in [0.25, 0.3) is 82.5 Å². The third kappa shape index (κ3) is 5.19. The lowest BCUT2D eigenvalue weighted by molar-refractivity contribution is 1.28. The zero-order valence-electron chi connectivity index (χ0n) is 27.2. The predicted molar refractivity (Wildman–Crippen MR) is 212 cm³/mol. The summed E-state index contributed by atoms with van der Waals surface area (Å²) in [4.78, 5) is 0. The molecule has 9 rings (SSSR count). The molecule has 9 aromatic rings. The molecule has 0 bridgehead atoms. The Morgan fingerprint density at radius 1 is 0.347 bits per heavy atom. The van der Waals surface area contributed by atoms with Crippen molar-refractivity contribution >= 4 is 49.2 Å². The summed E-state index contributed by atoms with van der Waals surface area (Å²) >= 11 is 0. The van der Waals surface area contributed by atoms with E-state index in [4.69, 9.17) is 0 Å². The average Bonchev–Trinajstić information content (AvgIpc) is 3.17. The molecule has 0 heteroatoms. The lowest BCUT2D eigenvalue weighted by Crippen LogP contribution is -1.92. The van der Waals surface area contributed by atoms with E-state index in [2.05, 4.69) is 194 Å². The molecule has 0 atom stereocenters. The Labute approximate surface area is 287 Å². The summed E-state index contributed by atoms with van der Waals surface area (Å²) < 4.78 is 0. The molecule has 0 aliphatic heterocycles.